The molecule has 4 aromatic rings. The van der Waals surface area contributed by atoms with Gasteiger partial charge in [0.1, 0.15) is 5.82 Å². The first-order valence-corrected chi connectivity index (χ1v) is 14.8. The topological polar surface area (TPSA) is 111 Å². The largest absolute Gasteiger partial charge is 0.378 e. The van der Waals surface area contributed by atoms with Crippen LogP contribution in [0.3, 0.4) is 0 Å². The van der Waals surface area contributed by atoms with E-state index in [-0.39, 0.29) is 11.8 Å². The number of hydrogen-bond acceptors (Lipinski definition) is 8. The number of rotatable bonds is 6. The van der Waals surface area contributed by atoms with Gasteiger partial charge >= 0.3 is 0 Å². The zero-order valence-corrected chi connectivity index (χ0v) is 23.9. The van der Waals surface area contributed by atoms with E-state index in [9.17, 15) is 9.59 Å². The van der Waals surface area contributed by atoms with Crippen LogP contribution in [0.15, 0.2) is 67.3 Å². The van der Waals surface area contributed by atoms with Crippen molar-refractivity contribution in [3.63, 3.8) is 0 Å². The first-order valence-electron chi connectivity index (χ1n) is 14.8. The Balaban J connectivity index is 1.06. The van der Waals surface area contributed by atoms with Crippen LogP contribution in [0.4, 0.5) is 11.5 Å². The third-order valence-electron chi connectivity index (χ3n) is 8.37. The molecule has 6 heterocycles. The Hall–Kier alpha value is -4.32. The van der Waals surface area contributed by atoms with Crippen molar-refractivity contribution in [2.24, 2.45) is 0 Å². The molecule has 0 unspecified atom stereocenters. The van der Waals surface area contributed by atoms with Crippen LogP contribution in [0.2, 0.25) is 0 Å². The van der Waals surface area contributed by atoms with Gasteiger partial charge < -0.3 is 33.7 Å². The lowest BCUT2D eigenvalue weighted by atomic mass is 10.0. The number of nitrogens with zero attached hydrogens (tertiary/aromatic N) is 5. The number of fused-ring (bicyclic) bond motifs is 1. The minimum Gasteiger partial charge on any atom is -0.378 e. The number of likely N-dealkylation sites (tertiary alicyclic amines) is 1. The number of anilines is 2. The van der Waals surface area contributed by atoms with Gasteiger partial charge in [-0.1, -0.05) is 24.3 Å². The summed E-state index contributed by atoms with van der Waals surface area (Å²) in [5.74, 6) is 0.182. The van der Waals surface area contributed by atoms with Crippen molar-refractivity contribution in [1.82, 2.24) is 24.2 Å². The molecule has 0 bridgehead atoms. The molecule has 222 valence electrons. The smallest absolute Gasteiger partial charge is 0.255 e. The van der Waals surface area contributed by atoms with Crippen molar-refractivity contribution in [1.29, 1.82) is 0 Å². The Kier molecular flexibility index (Phi) is 7.52. The molecule has 1 N–H and O–H groups in total. The van der Waals surface area contributed by atoms with E-state index in [1.165, 1.54) is 0 Å². The second-order valence-electron chi connectivity index (χ2n) is 11.1. The van der Waals surface area contributed by atoms with Crippen LogP contribution in [0, 0.1) is 0 Å². The van der Waals surface area contributed by atoms with E-state index in [4.69, 9.17) is 14.2 Å². The average molecular weight is 583 g/mol. The third kappa shape index (κ3) is 5.83. The predicted molar refractivity (Wildman–Crippen MR) is 159 cm³/mol. The Labute approximate surface area is 249 Å². The molecular weight excluding hydrogens is 548 g/mol. The van der Waals surface area contributed by atoms with Gasteiger partial charge in [0.2, 0.25) is 5.91 Å². The zero-order valence-electron chi connectivity index (χ0n) is 23.9. The van der Waals surface area contributed by atoms with Crippen molar-refractivity contribution >= 4 is 29.0 Å². The number of aromatic nitrogens is 3. The van der Waals surface area contributed by atoms with E-state index in [1.807, 2.05) is 46.0 Å². The molecule has 0 saturated carbocycles. The Morgan fingerprint density at radius 1 is 0.884 bits per heavy atom. The van der Waals surface area contributed by atoms with Crippen LogP contribution < -0.4 is 5.32 Å². The summed E-state index contributed by atoms with van der Waals surface area (Å²) >= 11 is 0. The number of carbonyl (C=O) groups is 2. The SMILES string of the molecule is O=C(Cc1cccc(-c2cc(Nc3ccc(C(=O)N4CCOCC4)cn3)c3nccn3c2)c1)N1CCC2(CC1)OCCO2. The lowest BCUT2D eigenvalue weighted by molar-refractivity contribution is -0.187. The summed E-state index contributed by atoms with van der Waals surface area (Å²) in [6, 6.07) is 13.7. The zero-order chi connectivity index (χ0) is 29.2. The summed E-state index contributed by atoms with van der Waals surface area (Å²) in [7, 11) is 0. The molecule has 0 aliphatic carbocycles. The molecule has 11 nitrogen and oxygen atoms in total. The maximum absolute atomic E-state index is 13.2. The first-order chi connectivity index (χ1) is 21.1. The molecule has 3 aromatic heterocycles. The van der Waals surface area contributed by atoms with E-state index < -0.39 is 5.79 Å². The van der Waals surface area contributed by atoms with Gasteiger partial charge in [-0.15, -0.1) is 0 Å². The van der Waals surface area contributed by atoms with Gasteiger partial charge in [-0.25, -0.2) is 9.97 Å². The fourth-order valence-electron chi connectivity index (χ4n) is 5.99. The van der Waals surface area contributed by atoms with E-state index in [1.54, 1.807) is 29.4 Å². The number of hydrogen-bond donors (Lipinski definition) is 1. The number of amides is 2. The Bertz CT molecular complexity index is 1620. The third-order valence-corrected chi connectivity index (χ3v) is 8.37. The Morgan fingerprint density at radius 2 is 1.70 bits per heavy atom. The number of ether oxygens (including phenoxy) is 3. The Morgan fingerprint density at radius 3 is 2.47 bits per heavy atom. The summed E-state index contributed by atoms with van der Waals surface area (Å²) < 4.78 is 18.9. The molecule has 0 radical (unpaired) electrons. The van der Waals surface area contributed by atoms with Crippen LogP contribution >= 0.6 is 0 Å². The van der Waals surface area contributed by atoms with E-state index in [2.05, 4.69) is 21.4 Å². The average Bonchev–Trinajstić information content (AvgIpc) is 3.72. The summed E-state index contributed by atoms with van der Waals surface area (Å²) in [6.07, 6.45) is 9.03. The lowest BCUT2D eigenvalue weighted by Gasteiger charge is -2.37. The maximum Gasteiger partial charge on any atom is 0.255 e. The van der Waals surface area contributed by atoms with Crippen LogP contribution in [0.1, 0.15) is 28.8 Å². The van der Waals surface area contributed by atoms with Crippen molar-refractivity contribution in [2.75, 3.05) is 57.9 Å². The standard InChI is InChI=1S/C32H34N6O5/c39-29(36-9-6-32(7-10-36)42-16-17-43-32)19-23-2-1-3-24(18-23)26-20-27(30-33-8-11-38(30)22-26)35-28-5-4-25(21-34-28)31(40)37-12-14-41-15-13-37/h1-5,8,11,18,20-22H,6-7,9-10,12-17,19H2,(H,34,35). The van der Waals surface area contributed by atoms with E-state index in [0.29, 0.717) is 83.3 Å². The highest BCUT2D eigenvalue weighted by molar-refractivity contribution is 5.94. The van der Waals surface area contributed by atoms with E-state index in [0.717, 1.165) is 28.0 Å². The van der Waals surface area contributed by atoms with Crippen molar-refractivity contribution in [3.05, 3.63) is 78.4 Å². The molecule has 2 amide bonds. The molecule has 43 heavy (non-hydrogen) atoms. The number of nitrogens with one attached hydrogen (secondary N) is 1. The second kappa shape index (κ2) is 11.8. The molecule has 7 rings (SSSR count). The van der Waals surface area contributed by atoms with Crippen LogP contribution in [-0.4, -0.2) is 94.4 Å². The number of benzene rings is 1. The summed E-state index contributed by atoms with van der Waals surface area (Å²) in [5, 5.41) is 3.38. The van der Waals surface area contributed by atoms with Gasteiger partial charge in [0.15, 0.2) is 11.4 Å². The number of morpholine rings is 1. The molecule has 11 heteroatoms. The minimum atomic E-state index is -0.494. The second-order valence-corrected chi connectivity index (χ2v) is 11.1. The number of pyridine rings is 2. The molecule has 1 aromatic carbocycles. The predicted octanol–water partition coefficient (Wildman–Crippen LogP) is 3.52. The summed E-state index contributed by atoms with van der Waals surface area (Å²) in [6.45, 7) is 4.82. The lowest BCUT2D eigenvalue weighted by Crippen LogP contribution is -2.47. The normalized spacial score (nSPS) is 18.3. The van der Waals surface area contributed by atoms with Gasteiger partial charge in [-0.05, 0) is 29.3 Å². The highest BCUT2D eigenvalue weighted by Crippen LogP contribution is 2.32. The quantitative estimate of drug-likeness (QED) is 0.368. The summed E-state index contributed by atoms with van der Waals surface area (Å²) in [4.78, 5) is 38.7. The number of carbonyl (C=O) groups excluding carboxylic acids is 2. The number of imidazole rings is 1. The van der Waals surface area contributed by atoms with Crippen molar-refractivity contribution in [2.45, 2.75) is 25.0 Å². The minimum absolute atomic E-state index is 0.0422. The van der Waals surface area contributed by atoms with Gasteiger partial charge in [-0.3, -0.25) is 9.59 Å². The first kappa shape index (κ1) is 27.5. The molecule has 1 spiro atoms. The maximum atomic E-state index is 13.2. The van der Waals surface area contributed by atoms with E-state index >= 15 is 0 Å². The fourth-order valence-corrected chi connectivity index (χ4v) is 5.99. The van der Waals surface area contributed by atoms with Gasteiger partial charge in [0.25, 0.3) is 5.91 Å². The van der Waals surface area contributed by atoms with Gasteiger partial charge in [0.05, 0.1) is 44.1 Å². The summed E-state index contributed by atoms with van der Waals surface area (Å²) in [5.41, 5.74) is 5.00. The monoisotopic (exact) mass is 582 g/mol. The van der Waals surface area contributed by atoms with Crippen LogP contribution in [-0.2, 0) is 25.4 Å². The fraction of sp³-hybridized carbons (Fsp3) is 0.375. The molecule has 3 fully saturated rings. The van der Waals surface area contributed by atoms with Crippen LogP contribution in [0.5, 0.6) is 0 Å². The van der Waals surface area contributed by atoms with Gasteiger partial charge in [-0.2, -0.15) is 0 Å². The van der Waals surface area contributed by atoms with Crippen molar-refractivity contribution in [3.8, 4) is 11.1 Å². The molecule has 0 atom stereocenters. The molecule has 3 saturated heterocycles. The molecule has 3 aliphatic heterocycles. The highest BCUT2D eigenvalue weighted by Gasteiger charge is 2.40. The number of piperidine rings is 1. The molecular formula is C32H34N6O5. The van der Waals surface area contributed by atoms with Crippen molar-refractivity contribution < 1.29 is 23.8 Å². The van der Waals surface area contributed by atoms with Gasteiger partial charge in [0, 0.05) is 69.4 Å². The van der Waals surface area contributed by atoms with Crippen LogP contribution in [0.25, 0.3) is 16.8 Å². The molecule has 3 aliphatic rings. The highest BCUT2D eigenvalue weighted by atomic mass is 16.7.